The minimum absolute atomic E-state index is 0.668. The SMILES string of the molecule is c1ccc(Oc2ccc(-n3nnnc3Sc3nccs3)cc2)cc1. The molecule has 0 bridgehead atoms. The smallest absolute Gasteiger partial charge is 0.221 e. The van der Waals surface area contributed by atoms with Gasteiger partial charge in [0.2, 0.25) is 5.16 Å². The summed E-state index contributed by atoms with van der Waals surface area (Å²) in [5.74, 6) is 1.56. The zero-order chi connectivity index (χ0) is 16.2. The number of hydrogen-bond acceptors (Lipinski definition) is 7. The largest absolute Gasteiger partial charge is 0.457 e. The first-order valence-corrected chi connectivity index (χ1v) is 8.77. The summed E-state index contributed by atoms with van der Waals surface area (Å²) in [6, 6.07) is 17.3. The highest BCUT2D eigenvalue weighted by molar-refractivity contribution is 8.00. The normalized spacial score (nSPS) is 10.7. The topological polar surface area (TPSA) is 65.7 Å². The van der Waals surface area contributed by atoms with Crippen molar-refractivity contribution in [1.29, 1.82) is 0 Å². The molecule has 0 N–H and O–H groups in total. The molecule has 2 aromatic heterocycles. The van der Waals surface area contributed by atoms with Crippen LogP contribution in [0.2, 0.25) is 0 Å². The summed E-state index contributed by atoms with van der Waals surface area (Å²) in [7, 11) is 0. The van der Waals surface area contributed by atoms with Gasteiger partial charge in [0.1, 0.15) is 11.5 Å². The highest BCUT2D eigenvalue weighted by Crippen LogP contribution is 2.29. The van der Waals surface area contributed by atoms with Gasteiger partial charge in [-0.1, -0.05) is 18.2 Å². The zero-order valence-corrected chi connectivity index (χ0v) is 13.9. The van der Waals surface area contributed by atoms with Gasteiger partial charge in [0.25, 0.3) is 0 Å². The molecule has 4 rings (SSSR count). The molecule has 6 nitrogen and oxygen atoms in total. The maximum Gasteiger partial charge on any atom is 0.221 e. The molecule has 4 aromatic rings. The lowest BCUT2D eigenvalue weighted by molar-refractivity contribution is 0.482. The molecular formula is C16H11N5OS2. The molecule has 0 aliphatic carbocycles. The monoisotopic (exact) mass is 353 g/mol. The van der Waals surface area contributed by atoms with Crippen molar-refractivity contribution in [3.05, 3.63) is 66.2 Å². The Kier molecular flexibility index (Phi) is 4.22. The summed E-state index contributed by atoms with van der Waals surface area (Å²) in [6.45, 7) is 0. The average Bonchev–Trinajstić information content (AvgIpc) is 3.29. The molecule has 0 saturated heterocycles. The molecule has 24 heavy (non-hydrogen) atoms. The van der Waals surface area contributed by atoms with Crippen molar-refractivity contribution in [2.45, 2.75) is 9.50 Å². The van der Waals surface area contributed by atoms with E-state index in [-0.39, 0.29) is 0 Å². The van der Waals surface area contributed by atoms with Gasteiger partial charge in [0.05, 0.1) is 5.69 Å². The van der Waals surface area contributed by atoms with Crippen molar-refractivity contribution in [1.82, 2.24) is 25.2 Å². The molecular weight excluding hydrogens is 342 g/mol. The molecule has 0 unspecified atom stereocenters. The van der Waals surface area contributed by atoms with E-state index in [1.807, 2.05) is 60.0 Å². The third-order valence-electron chi connectivity index (χ3n) is 3.09. The van der Waals surface area contributed by atoms with Crippen molar-refractivity contribution in [3.63, 3.8) is 0 Å². The van der Waals surface area contributed by atoms with Crippen LogP contribution >= 0.6 is 23.1 Å². The van der Waals surface area contributed by atoms with E-state index in [2.05, 4.69) is 20.5 Å². The predicted octanol–water partition coefficient (Wildman–Crippen LogP) is 4.06. The Labute approximate surface area is 146 Å². The number of aromatic nitrogens is 5. The summed E-state index contributed by atoms with van der Waals surface area (Å²) in [5, 5.41) is 14.5. The fourth-order valence-electron chi connectivity index (χ4n) is 2.02. The van der Waals surface area contributed by atoms with E-state index in [1.165, 1.54) is 11.8 Å². The molecule has 0 fully saturated rings. The predicted molar refractivity (Wildman–Crippen MR) is 91.9 cm³/mol. The number of nitrogens with zero attached hydrogens (tertiary/aromatic N) is 5. The molecule has 2 aromatic carbocycles. The number of benzene rings is 2. The molecule has 0 radical (unpaired) electrons. The minimum Gasteiger partial charge on any atom is -0.457 e. The van der Waals surface area contributed by atoms with Crippen molar-refractivity contribution in [3.8, 4) is 17.2 Å². The maximum absolute atomic E-state index is 5.79. The van der Waals surface area contributed by atoms with Crippen molar-refractivity contribution < 1.29 is 4.74 Å². The molecule has 0 amide bonds. The molecule has 2 heterocycles. The van der Waals surface area contributed by atoms with Crippen LogP contribution in [0.25, 0.3) is 5.69 Å². The van der Waals surface area contributed by atoms with Crippen LogP contribution in [0.1, 0.15) is 0 Å². The fraction of sp³-hybridized carbons (Fsp3) is 0. The number of tetrazole rings is 1. The van der Waals surface area contributed by atoms with Gasteiger partial charge in [-0.3, -0.25) is 0 Å². The summed E-state index contributed by atoms with van der Waals surface area (Å²) < 4.78 is 8.37. The van der Waals surface area contributed by atoms with Crippen LogP contribution in [0.15, 0.2) is 75.7 Å². The van der Waals surface area contributed by atoms with Crippen molar-refractivity contribution >= 4 is 23.1 Å². The summed E-state index contributed by atoms with van der Waals surface area (Å²) in [5.41, 5.74) is 0.861. The fourth-order valence-corrected chi connectivity index (χ4v) is 3.54. The van der Waals surface area contributed by atoms with Crippen LogP contribution in [0, 0.1) is 0 Å². The lowest BCUT2D eigenvalue weighted by Crippen LogP contribution is -1.98. The van der Waals surface area contributed by atoms with E-state index in [0.717, 1.165) is 21.5 Å². The van der Waals surface area contributed by atoms with Crippen LogP contribution in [0.3, 0.4) is 0 Å². The molecule has 0 atom stereocenters. The highest BCUT2D eigenvalue weighted by Gasteiger charge is 2.11. The Bertz CT molecular complexity index is 907. The Morgan fingerprint density at radius 2 is 1.75 bits per heavy atom. The third kappa shape index (κ3) is 3.29. The second-order valence-corrected chi connectivity index (χ2v) is 6.79. The first-order chi connectivity index (χ1) is 11.9. The van der Waals surface area contributed by atoms with Crippen LogP contribution in [0.4, 0.5) is 0 Å². The summed E-state index contributed by atoms with van der Waals surface area (Å²) in [4.78, 5) is 4.24. The zero-order valence-electron chi connectivity index (χ0n) is 12.3. The van der Waals surface area contributed by atoms with Gasteiger partial charge in [-0.2, -0.15) is 4.68 Å². The van der Waals surface area contributed by atoms with Crippen LogP contribution < -0.4 is 4.74 Å². The van der Waals surface area contributed by atoms with E-state index < -0.39 is 0 Å². The van der Waals surface area contributed by atoms with Gasteiger partial charge in [0, 0.05) is 11.6 Å². The first kappa shape index (κ1) is 14.9. The number of thiazole rings is 1. The maximum atomic E-state index is 5.79. The van der Waals surface area contributed by atoms with Crippen LogP contribution in [-0.2, 0) is 0 Å². The molecule has 118 valence electrons. The van der Waals surface area contributed by atoms with Gasteiger partial charge >= 0.3 is 0 Å². The van der Waals surface area contributed by atoms with Crippen molar-refractivity contribution in [2.75, 3.05) is 0 Å². The van der Waals surface area contributed by atoms with Crippen LogP contribution in [-0.4, -0.2) is 25.2 Å². The second-order valence-electron chi connectivity index (χ2n) is 4.68. The minimum atomic E-state index is 0.668. The van der Waals surface area contributed by atoms with Gasteiger partial charge in [-0.25, -0.2) is 4.98 Å². The first-order valence-electron chi connectivity index (χ1n) is 7.07. The van der Waals surface area contributed by atoms with E-state index in [4.69, 9.17) is 4.74 Å². The lowest BCUT2D eigenvalue weighted by atomic mass is 10.3. The lowest BCUT2D eigenvalue weighted by Gasteiger charge is -2.07. The van der Waals surface area contributed by atoms with E-state index in [1.54, 1.807) is 22.2 Å². The number of para-hydroxylation sites is 1. The van der Waals surface area contributed by atoms with E-state index in [9.17, 15) is 0 Å². The molecule has 0 aliphatic rings. The van der Waals surface area contributed by atoms with Crippen molar-refractivity contribution in [2.24, 2.45) is 0 Å². The molecule has 0 spiro atoms. The standard InChI is InChI=1S/C16H11N5OS2/c1-2-4-13(5-3-1)22-14-8-6-12(7-9-14)21-15(18-19-20-21)24-16-17-10-11-23-16/h1-11H. The second kappa shape index (κ2) is 6.81. The van der Waals surface area contributed by atoms with E-state index >= 15 is 0 Å². The van der Waals surface area contributed by atoms with Gasteiger partial charge in [-0.05, 0) is 58.6 Å². The average molecular weight is 353 g/mol. The van der Waals surface area contributed by atoms with Crippen LogP contribution in [0.5, 0.6) is 11.5 Å². The Balaban J connectivity index is 1.54. The Morgan fingerprint density at radius 1 is 0.958 bits per heavy atom. The number of hydrogen-bond donors (Lipinski definition) is 0. The quantitative estimate of drug-likeness (QED) is 0.539. The van der Waals surface area contributed by atoms with Gasteiger partial charge in [-0.15, -0.1) is 16.4 Å². The molecule has 0 aliphatic heterocycles. The molecule has 8 heteroatoms. The Hall–Kier alpha value is -2.71. The van der Waals surface area contributed by atoms with Gasteiger partial charge < -0.3 is 4.74 Å². The van der Waals surface area contributed by atoms with E-state index in [0.29, 0.717) is 5.16 Å². The number of rotatable bonds is 5. The summed E-state index contributed by atoms with van der Waals surface area (Å²) in [6.07, 6.45) is 1.76. The van der Waals surface area contributed by atoms with Gasteiger partial charge in [0.15, 0.2) is 4.34 Å². The molecule has 0 saturated carbocycles. The Morgan fingerprint density at radius 3 is 2.50 bits per heavy atom. The number of ether oxygens (including phenoxy) is 1. The summed E-state index contributed by atoms with van der Waals surface area (Å²) >= 11 is 2.98. The third-order valence-corrected chi connectivity index (χ3v) is 4.91. The highest BCUT2D eigenvalue weighted by atomic mass is 32.2.